The van der Waals surface area contributed by atoms with Gasteiger partial charge in [-0.25, -0.2) is 0 Å². The summed E-state index contributed by atoms with van der Waals surface area (Å²) in [5, 5.41) is 3.67. The van der Waals surface area contributed by atoms with Gasteiger partial charge in [0.25, 0.3) is 5.91 Å². The lowest BCUT2D eigenvalue weighted by atomic mass is 9.88. The summed E-state index contributed by atoms with van der Waals surface area (Å²) in [7, 11) is 0. The molecule has 0 fully saturated rings. The zero-order chi connectivity index (χ0) is 20.6. The van der Waals surface area contributed by atoms with E-state index >= 15 is 0 Å². The minimum Gasteiger partial charge on any atom is -0.481 e. The molecule has 29 heavy (non-hydrogen) atoms. The smallest absolute Gasteiger partial charge is 0.260 e. The van der Waals surface area contributed by atoms with Crippen LogP contribution < -0.4 is 10.1 Å². The zero-order valence-electron chi connectivity index (χ0n) is 16.8. The van der Waals surface area contributed by atoms with Crippen LogP contribution >= 0.6 is 11.6 Å². The third kappa shape index (κ3) is 5.85. The monoisotopic (exact) mass is 407 g/mol. The van der Waals surface area contributed by atoms with Crippen molar-refractivity contribution >= 4 is 17.5 Å². The summed E-state index contributed by atoms with van der Waals surface area (Å²) in [6.45, 7) is 4.24. The Morgan fingerprint density at radius 2 is 1.55 bits per heavy atom. The van der Waals surface area contributed by atoms with E-state index in [1.54, 1.807) is 19.1 Å². The third-order valence-electron chi connectivity index (χ3n) is 4.95. The lowest BCUT2D eigenvalue weighted by Crippen LogP contribution is -2.37. The SMILES string of the molecule is Cc1cc(Cl)ccc1O[C@H](C)C(=O)NCCC(c1ccccc1)c1ccccc1. The molecular formula is C25H26ClNO2. The van der Waals surface area contributed by atoms with Gasteiger partial charge in [-0.05, 0) is 55.2 Å². The van der Waals surface area contributed by atoms with Crippen molar-refractivity contribution in [3.63, 3.8) is 0 Å². The van der Waals surface area contributed by atoms with E-state index in [1.165, 1.54) is 11.1 Å². The Bertz CT molecular complexity index is 889. The van der Waals surface area contributed by atoms with Crippen LogP contribution in [0, 0.1) is 6.92 Å². The molecule has 0 bridgehead atoms. The molecule has 3 nitrogen and oxygen atoms in total. The Morgan fingerprint density at radius 3 is 2.10 bits per heavy atom. The Hall–Kier alpha value is -2.78. The van der Waals surface area contributed by atoms with Crippen LogP contribution in [0.4, 0.5) is 0 Å². The number of amides is 1. The van der Waals surface area contributed by atoms with E-state index < -0.39 is 6.10 Å². The van der Waals surface area contributed by atoms with Crippen molar-refractivity contribution in [2.75, 3.05) is 6.54 Å². The van der Waals surface area contributed by atoms with Gasteiger partial charge in [-0.3, -0.25) is 4.79 Å². The van der Waals surface area contributed by atoms with Gasteiger partial charge in [-0.15, -0.1) is 0 Å². The van der Waals surface area contributed by atoms with Crippen LogP contribution in [-0.2, 0) is 4.79 Å². The van der Waals surface area contributed by atoms with Crippen LogP contribution in [-0.4, -0.2) is 18.6 Å². The van der Waals surface area contributed by atoms with Gasteiger partial charge in [0.1, 0.15) is 5.75 Å². The molecule has 0 spiro atoms. The summed E-state index contributed by atoms with van der Waals surface area (Å²) in [5.41, 5.74) is 3.40. The standard InChI is InChI=1S/C25H26ClNO2/c1-18-17-22(26)13-14-24(18)29-19(2)25(28)27-16-15-23(20-9-5-3-6-10-20)21-11-7-4-8-12-21/h3-14,17,19,23H,15-16H2,1-2H3,(H,27,28)/t19-/m1/s1. The zero-order valence-corrected chi connectivity index (χ0v) is 17.5. The number of hydrogen-bond acceptors (Lipinski definition) is 2. The van der Waals surface area contributed by atoms with Crippen LogP contribution in [0.2, 0.25) is 5.02 Å². The highest BCUT2D eigenvalue weighted by molar-refractivity contribution is 6.30. The molecule has 0 unspecified atom stereocenters. The van der Waals surface area contributed by atoms with Crippen LogP contribution in [0.3, 0.4) is 0 Å². The molecule has 0 heterocycles. The maximum Gasteiger partial charge on any atom is 0.260 e. The molecule has 0 aliphatic rings. The molecule has 3 aromatic carbocycles. The molecule has 0 saturated heterocycles. The van der Waals surface area contributed by atoms with Gasteiger partial charge in [-0.1, -0.05) is 72.3 Å². The quantitative estimate of drug-likeness (QED) is 0.516. The predicted molar refractivity (Wildman–Crippen MR) is 119 cm³/mol. The van der Waals surface area contributed by atoms with Gasteiger partial charge in [-0.2, -0.15) is 0 Å². The molecule has 1 N–H and O–H groups in total. The second-order valence-corrected chi connectivity index (χ2v) is 7.56. The lowest BCUT2D eigenvalue weighted by Gasteiger charge is -2.20. The summed E-state index contributed by atoms with van der Waals surface area (Å²) in [6.07, 6.45) is 0.230. The van der Waals surface area contributed by atoms with E-state index in [2.05, 4.69) is 29.6 Å². The minimum atomic E-state index is -0.582. The van der Waals surface area contributed by atoms with Crippen molar-refractivity contribution in [1.29, 1.82) is 0 Å². The summed E-state index contributed by atoms with van der Waals surface area (Å²) in [6, 6.07) is 26.2. The first-order chi connectivity index (χ1) is 14.0. The van der Waals surface area contributed by atoms with Crippen molar-refractivity contribution in [3.8, 4) is 5.75 Å². The van der Waals surface area contributed by atoms with E-state index in [0.29, 0.717) is 17.3 Å². The molecule has 0 aromatic heterocycles. The Morgan fingerprint density at radius 1 is 0.966 bits per heavy atom. The molecule has 150 valence electrons. The first-order valence-corrected chi connectivity index (χ1v) is 10.2. The molecule has 0 aliphatic carbocycles. The minimum absolute atomic E-state index is 0.126. The number of carbonyl (C=O) groups excluding carboxylic acids is 1. The first-order valence-electron chi connectivity index (χ1n) is 9.85. The number of aryl methyl sites for hydroxylation is 1. The van der Waals surface area contributed by atoms with Gasteiger partial charge < -0.3 is 10.1 Å². The van der Waals surface area contributed by atoms with Crippen LogP contribution in [0.1, 0.15) is 36.0 Å². The van der Waals surface area contributed by atoms with Crippen LogP contribution in [0.15, 0.2) is 78.9 Å². The third-order valence-corrected chi connectivity index (χ3v) is 5.18. The van der Waals surface area contributed by atoms with E-state index in [0.717, 1.165) is 12.0 Å². The van der Waals surface area contributed by atoms with E-state index in [9.17, 15) is 4.79 Å². The molecule has 0 radical (unpaired) electrons. The molecule has 0 saturated carbocycles. The topological polar surface area (TPSA) is 38.3 Å². The van der Waals surface area contributed by atoms with Gasteiger partial charge in [0.2, 0.25) is 0 Å². The predicted octanol–water partition coefficient (Wildman–Crippen LogP) is 5.75. The highest BCUT2D eigenvalue weighted by atomic mass is 35.5. The fourth-order valence-corrected chi connectivity index (χ4v) is 3.60. The largest absolute Gasteiger partial charge is 0.481 e. The van der Waals surface area contributed by atoms with Gasteiger partial charge >= 0.3 is 0 Å². The van der Waals surface area contributed by atoms with Crippen molar-refractivity contribution in [3.05, 3.63) is 101 Å². The number of benzene rings is 3. The normalized spacial score (nSPS) is 11.9. The van der Waals surface area contributed by atoms with Gasteiger partial charge in [0, 0.05) is 17.5 Å². The average molecular weight is 408 g/mol. The van der Waals surface area contributed by atoms with Crippen molar-refractivity contribution in [1.82, 2.24) is 5.32 Å². The highest BCUT2D eigenvalue weighted by Gasteiger charge is 2.18. The van der Waals surface area contributed by atoms with E-state index in [4.69, 9.17) is 16.3 Å². The van der Waals surface area contributed by atoms with Gasteiger partial charge in [0.05, 0.1) is 0 Å². The number of halogens is 1. The summed E-state index contributed by atoms with van der Waals surface area (Å²) < 4.78 is 5.82. The number of hydrogen-bond donors (Lipinski definition) is 1. The Kier molecular flexibility index (Phi) is 7.31. The molecule has 1 atom stereocenters. The maximum absolute atomic E-state index is 12.5. The maximum atomic E-state index is 12.5. The van der Waals surface area contributed by atoms with Crippen LogP contribution in [0.25, 0.3) is 0 Å². The summed E-state index contributed by atoms with van der Waals surface area (Å²) in [4.78, 5) is 12.5. The number of carbonyl (C=O) groups is 1. The molecular weight excluding hydrogens is 382 g/mol. The average Bonchev–Trinajstić information content (AvgIpc) is 2.74. The highest BCUT2D eigenvalue weighted by Crippen LogP contribution is 2.27. The second-order valence-electron chi connectivity index (χ2n) is 7.12. The molecule has 0 aliphatic heterocycles. The molecule has 4 heteroatoms. The second kappa shape index (κ2) is 10.1. The summed E-state index contributed by atoms with van der Waals surface area (Å²) >= 11 is 5.98. The Labute approximate surface area is 177 Å². The van der Waals surface area contributed by atoms with E-state index in [-0.39, 0.29) is 11.8 Å². The van der Waals surface area contributed by atoms with Crippen molar-refractivity contribution in [2.45, 2.75) is 32.3 Å². The lowest BCUT2D eigenvalue weighted by molar-refractivity contribution is -0.127. The number of rotatable bonds is 8. The number of nitrogens with one attached hydrogen (secondary N) is 1. The van der Waals surface area contributed by atoms with Crippen LogP contribution in [0.5, 0.6) is 5.75 Å². The molecule has 3 rings (SSSR count). The molecule has 3 aromatic rings. The Balaban J connectivity index is 1.59. The molecule has 1 amide bonds. The fraction of sp³-hybridized carbons (Fsp3) is 0.240. The fourth-order valence-electron chi connectivity index (χ4n) is 3.37. The van der Waals surface area contributed by atoms with E-state index in [1.807, 2.05) is 49.4 Å². The summed E-state index contributed by atoms with van der Waals surface area (Å²) in [5.74, 6) is 0.773. The van der Waals surface area contributed by atoms with Crippen molar-refractivity contribution < 1.29 is 9.53 Å². The number of ether oxygens (including phenoxy) is 1. The van der Waals surface area contributed by atoms with Gasteiger partial charge in [0.15, 0.2) is 6.10 Å². The van der Waals surface area contributed by atoms with Crippen molar-refractivity contribution in [2.24, 2.45) is 0 Å². The first kappa shape index (κ1) is 20.9.